The Morgan fingerprint density at radius 3 is 1.64 bits per heavy atom. The van der Waals surface area contributed by atoms with E-state index in [0.717, 1.165) is 55.9 Å². The van der Waals surface area contributed by atoms with E-state index in [-0.39, 0.29) is 0 Å². The minimum atomic E-state index is 0.696. The minimum absolute atomic E-state index is 0.696. The number of aromatic nitrogens is 2. The van der Waals surface area contributed by atoms with Crippen LogP contribution in [-0.2, 0) is 0 Å². The number of nitrogens with zero attached hydrogens (tertiary/aromatic N) is 2. The van der Waals surface area contributed by atoms with Crippen molar-refractivity contribution in [1.29, 1.82) is 0 Å². The van der Waals surface area contributed by atoms with Gasteiger partial charge in [-0.15, -0.1) is 11.3 Å². The number of fused-ring (bicyclic) bond motifs is 4. The van der Waals surface area contributed by atoms with Gasteiger partial charge in [0.25, 0.3) is 0 Å². The largest absolute Gasteiger partial charge is 0.228 e. The highest BCUT2D eigenvalue weighted by molar-refractivity contribution is 7.25. The molecule has 2 heterocycles. The van der Waals surface area contributed by atoms with Crippen LogP contribution in [0.5, 0.6) is 0 Å². The Hall–Kier alpha value is -6.68. The van der Waals surface area contributed by atoms with Crippen LogP contribution in [0.4, 0.5) is 0 Å². The average Bonchev–Trinajstić information content (AvgIpc) is 3.62. The van der Waals surface area contributed by atoms with Crippen molar-refractivity contribution in [3.8, 4) is 67.3 Å². The minimum Gasteiger partial charge on any atom is -0.228 e. The molecule has 2 nitrogen and oxygen atoms in total. The molecule has 0 aliphatic rings. The fraction of sp³-hybridized carbons (Fsp3) is 0. The SMILES string of the molecule is c1ccc(-c2cc(-c3ccc4c(c3)sc3ccccc34)cc(-c3cc(-c4ccc5ccccc5c4)nc(-c4cccc(-c5ccccc5)c4)n3)c2)cc1. The third kappa shape index (κ3) is 5.97. The molecule has 0 N–H and O–H groups in total. The number of rotatable bonds is 6. The van der Waals surface area contributed by atoms with Gasteiger partial charge >= 0.3 is 0 Å². The molecule has 53 heavy (non-hydrogen) atoms. The smallest absolute Gasteiger partial charge is 0.160 e. The summed E-state index contributed by atoms with van der Waals surface area (Å²) in [7, 11) is 0. The Labute approximate surface area is 312 Å². The van der Waals surface area contributed by atoms with Gasteiger partial charge in [0.1, 0.15) is 0 Å². The van der Waals surface area contributed by atoms with Crippen LogP contribution >= 0.6 is 11.3 Å². The van der Waals surface area contributed by atoms with E-state index in [1.165, 1.54) is 36.5 Å². The van der Waals surface area contributed by atoms with Gasteiger partial charge in [-0.25, -0.2) is 9.97 Å². The van der Waals surface area contributed by atoms with Gasteiger partial charge in [-0.3, -0.25) is 0 Å². The van der Waals surface area contributed by atoms with Crippen LogP contribution < -0.4 is 0 Å². The predicted molar refractivity (Wildman–Crippen MR) is 225 cm³/mol. The van der Waals surface area contributed by atoms with Gasteiger partial charge in [-0.2, -0.15) is 0 Å². The molecule has 0 amide bonds. The van der Waals surface area contributed by atoms with Crippen molar-refractivity contribution >= 4 is 42.3 Å². The zero-order valence-electron chi connectivity index (χ0n) is 28.8. The summed E-state index contributed by atoms with van der Waals surface area (Å²) in [6.45, 7) is 0. The molecular formula is C50H32N2S. The second-order valence-electron chi connectivity index (χ2n) is 13.4. The van der Waals surface area contributed by atoms with Crippen molar-refractivity contribution < 1.29 is 0 Å². The molecule has 0 fully saturated rings. The van der Waals surface area contributed by atoms with Gasteiger partial charge in [-0.1, -0.05) is 146 Å². The summed E-state index contributed by atoms with van der Waals surface area (Å²) in [5.74, 6) is 0.696. The zero-order chi connectivity index (χ0) is 35.1. The predicted octanol–water partition coefficient (Wildman–Crippen LogP) is 14.0. The Bertz CT molecular complexity index is 2950. The summed E-state index contributed by atoms with van der Waals surface area (Å²) in [6, 6.07) is 69.3. The quantitative estimate of drug-likeness (QED) is 0.173. The summed E-state index contributed by atoms with van der Waals surface area (Å²) in [5.41, 5.74) is 11.8. The Morgan fingerprint density at radius 1 is 0.283 bits per heavy atom. The van der Waals surface area contributed by atoms with E-state index < -0.39 is 0 Å². The summed E-state index contributed by atoms with van der Waals surface area (Å²) in [4.78, 5) is 10.6. The van der Waals surface area contributed by atoms with E-state index in [1.54, 1.807) is 0 Å². The Morgan fingerprint density at radius 2 is 0.830 bits per heavy atom. The molecule has 248 valence electrons. The third-order valence-electron chi connectivity index (χ3n) is 10.0. The third-order valence-corrected chi connectivity index (χ3v) is 11.2. The number of benzene rings is 8. The highest BCUT2D eigenvalue weighted by atomic mass is 32.1. The topological polar surface area (TPSA) is 25.8 Å². The van der Waals surface area contributed by atoms with Crippen molar-refractivity contribution in [1.82, 2.24) is 9.97 Å². The number of hydrogen-bond acceptors (Lipinski definition) is 3. The fourth-order valence-electron chi connectivity index (χ4n) is 7.33. The molecule has 0 bridgehead atoms. The summed E-state index contributed by atoms with van der Waals surface area (Å²) in [6.07, 6.45) is 0. The lowest BCUT2D eigenvalue weighted by Gasteiger charge is -2.14. The van der Waals surface area contributed by atoms with Crippen LogP contribution in [0.25, 0.3) is 98.2 Å². The van der Waals surface area contributed by atoms with Gasteiger partial charge in [0, 0.05) is 36.9 Å². The van der Waals surface area contributed by atoms with Gasteiger partial charge in [-0.05, 0) is 92.7 Å². The van der Waals surface area contributed by atoms with Crippen molar-refractivity contribution in [3.05, 3.63) is 194 Å². The van der Waals surface area contributed by atoms with Crippen LogP contribution in [0.3, 0.4) is 0 Å². The second kappa shape index (κ2) is 13.1. The summed E-state index contributed by atoms with van der Waals surface area (Å²) in [5, 5.41) is 5.00. The van der Waals surface area contributed by atoms with Gasteiger partial charge in [0.2, 0.25) is 0 Å². The average molecular weight is 693 g/mol. The lowest BCUT2D eigenvalue weighted by molar-refractivity contribution is 1.18. The fourth-order valence-corrected chi connectivity index (χ4v) is 8.48. The van der Waals surface area contributed by atoms with Gasteiger partial charge in [0.05, 0.1) is 11.4 Å². The molecule has 3 heteroatoms. The Kier molecular flexibility index (Phi) is 7.71. The second-order valence-corrected chi connectivity index (χ2v) is 14.5. The van der Waals surface area contributed by atoms with Crippen molar-refractivity contribution in [2.75, 3.05) is 0 Å². The van der Waals surface area contributed by atoms with Crippen molar-refractivity contribution in [2.45, 2.75) is 0 Å². The molecule has 0 saturated carbocycles. The maximum absolute atomic E-state index is 5.34. The van der Waals surface area contributed by atoms with Crippen LogP contribution in [0.2, 0.25) is 0 Å². The lowest BCUT2D eigenvalue weighted by atomic mass is 9.94. The zero-order valence-corrected chi connectivity index (χ0v) is 29.6. The van der Waals surface area contributed by atoms with E-state index in [1.807, 2.05) is 17.4 Å². The highest BCUT2D eigenvalue weighted by Gasteiger charge is 2.15. The molecule has 0 aliphatic carbocycles. The van der Waals surface area contributed by atoms with E-state index in [9.17, 15) is 0 Å². The molecule has 8 aromatic carbocycles. The van der Waals surface area contributed by atoms with Crippen LogP contribution in [-0.4, -0.2) is 9.97 Å². The van der Waals surface area contributed by atoms with Crippen LogP contribution in [0, 0.1) is 0 Å². The summed E-state index contributed by atoms with van der Waals surface area (Å²) >= 11 is 1.85. The first-order valence-electron chi connectivity index (χ1n) is 17.9. The van der Waals surface area contributed by atoms with E-state index in [2.05, 4.69) is 188 Å². The van der Waals surface area contributed by atoms with Gasteiger partial charge in [0.15, 0.2) is 5.82 Å². The molecule has 0 unspecified atom stereocenters. The first-order valence-corrected chi connectivity index (χ1v) is 18.7. The monoisotopic (exact) mass is 692 g/mol. The standard InChI is InChI=1S/C50H32N2S/c1-3-12-33(13-4-1)37-18-11-19-40(27-37)50-51-46(39-23-22-35-16-7-8-17-36(35)26-39)32-47(52-50)43-29-41(34-14-5-2-6-15-34)28-42(30-43)38-24-25-45-44-20-9-10-21-48(44)53-49(45)31-38/h1-32H. The molecule has 0 atom stereocenters. The molecule has 2 aromatic heterocycles. The molecule has 0 saturated heterocycles. The molecular weight excluding hydrogens is 661 g/mol. The van der Waals surface area contributed by atoms with Crippen molar-refractivity contribution in [2.24, 2.45) is 0 Å². The molecule has 10 rings (SSSR count). The normalized spacial score (nSPS) is 11.4. The summed E-state index contributed by atoms with van der Waals surface area (Å²) < 4.78 is 2.60. The molecule has 0 aliphatic heterocycles. The van der Waals surface area contributed by atoms with E-state index in [4.69, 9.17) is 9.97 Å². The van der Waals surface area contributed by atoms with Crippen LogP contribution in [0.15, 0.2) is 194 Å². The molecule has 0 spiro atoms. The Balaban J connectivity index is 1.18. The van der Waals surface area contributed by atoms with Gasteiger partial charge < -0.3 is 0 Å². The molecule has 10 aromatic rings. The maximum atomic E-state index is 5.34. The first-order chi connectivity index (χ1) is 26.2. The van der Waals surface area contributed by atoms with Crippen LogP contribution in [0.1, 0.15) is 0 Å². The number of hydrogen-bond donors (Lipinski definition) is 0. The maximum Gasteiger partial charge on any atom is 0.160 e. The highest BCUT2D eigenvalue weighted by Crippen LogP contribution is 2.39. The van der Waals surface area contributed by atoms with Crippen molar-refractivity contribution in [3.63, 3.8) is 0 Å². The van der Waals surface area contributed by atoms with E-state index in [0.29, 0.717) is 5.82 Å². The number of thiophene rings is 1. The molecule has 0 radical (unpaired) electrons. The van der Waals surface area contributed by atoms with E-state index >= 15 is 0 Å². The first kappa shape index (κ1) is 31.1. The lowest BCUT2D eigenvalue weighted by Crippen LogP contribution is -1.97.